The molecule has 1 rings (SSSR count). The van der Waals surface area contributed by atoms with Gasteiger partial charge in [-0.1, -0.05) is 0 Å². The number of ether oxygens (including phenoxy) is 1. The van der Waals surface area contributed by atoms with Crippen molar-refractivity contribution in [3.05, 3.63) is 0 Å². The molecule has 0 aromatic heterocycles. The highest BCUT2D eigenvalue weighted by molar-refractivity contribution is 5.74. The zero-order valence-electron chi connectivity index (χ0n) is 8.55. The van der Waals surface area contributed by atoms with Gasteiger partial charge in [-0.05, 0) is 13.3 Å². The number of aliphatic hydroxyl groups is 1. The summed E-state index contributed by atoms with van der Waals surface area (Å²) in [4.78, 5) is 23.0. The summed E-state index contributed by atoms with van der Waals surface area (Å²) in [5.74, 6) is -1.05. The third kappa shape index (κ3) is 2.82. The Morgan fingerprint density at radius 2 is 2.20 bits per heavy atom. The summed E-state index contributed by atoms with van der Waals surface area (Å²) in [5, 5.41) is 18.3. The van der Waals surface area contributed by atoms with Crippen molar-refractivity contribution in [2.75, 3.05) is 19.7 Å². The molecule has 0 aromatic rings. The number of carbonyl (C=O) groups excluding carboxylic acids is 1. The third-order valence-corrected chi connectivity index (χ3v) is 2.44. The lowest BCUT2D eigenvalue weighted by atomic mass is 9.94. The summed E-state index contributed by atoms with van der Waals surface area (Å²) < 4.78 is 4.78. The van der Waals surface area contributed by atoms with Crippen LogP contribution >= 0.6 is 0 Å². The predicted molar refractivity (Wildman–Crippen MR) is 50.3 cm³/mol. The maximum atomic E-state index is 11.3. The van der Waals surface area contributed by atoms with Crippen LogP contribution in [-0.4, -0.2) is 53.0 Å². The van der Waals surface area contributed by atoms with E-state index in [0.717, 1.165) is 4.90 Å². The van der Waals surface area contributed by atoms with Crippen molar-refractivity contribution in [3.63, 3.8) is 0 Å². The van der Waals surface area contributed by atoms with Crippen LogP contribution in [0.4, 0.5) is 4.79 Å². The van der Waals surface area contributed by atoms with Gasteiger partial charge in [0.15, 0.2) is 0 Å². The van der Waals surface area contributed by atoms with Gasteiger partial charge in [-0.2, -0.15) is 0 Å². The zero-order chi connectivity index (χ0) is 11.4. The average Bonchev–Trinajstić information content (AvgIpc) is 2.17. The van der Waals surface area contributed by atoms with E-state index in [4.69, 9.17) is 9.84 Å². The number of nitrogens with zero attached hydrogens (tertiary/aromatic N) is 1. The Kier molecular flexibility index (Phi) is 3.90. The average molecular weight is 217 g/mol. The van der Waals surface area contributed by atoms with Gasteiger partial charge in [-0.3, -0.25) is 4.79 Å². The molecular formula is C9H15NO5. The smallest absolute Gasteiger partial charge is 0.407 e. The standard InChI is InChI=1S/C9H15NO5/c1-2-15-8(12)6-3-4-10(9(13)14)5-7(6)11/h6-7,11H,2-5H2,1H3,(H,13,14). The molecule has 15 heavy (non-hydrogen) atoms. The van der Waals surface area contributed by atoms with E-state index < -0.39 is 24.1 Å². The zero-order valence-corrected chi connectivity index (χ0v) is 8.55. The Bertz CT molecular complexity index is 255. The van der Waals surface area contributed by atoms with E-state index >= 15 is 0 Å². The summed E-state index contributed by atoms with van der Waals surface area (Å²) in [6.45, 7) is 2.19. The number of carboxylic acid groups (broad SMARTS) is 1. The van der Waals surface area contributed by atoms with Crippen molar-refractivity contribution in [2.24, 2.45) is 5.92 Å². The van der Waals surface area contributed by atoms with Gasteiger partial charge in [0.1, 0.15) is 0 Å². The van der Waals surface area contributed by atoms with Crippen LogP contribution in [-0.2, 0) is 9.53 Å². The van der Waals surface area contributed by atoms with Crippen molar-refractivity contribution < 1.29 is 24.5 Å². The summed E-state index contributed by atoms with van der Waals surface area (Å²) in [5.41, 5.74) is 0. The molecule has 0 bridgehead atoms. The lowest BCUT2D eigenvalue weighted by Gasteiger charge is -2.32. The largest absolute Gasteiger partial charge is 0.466 e. The van der Waals surface area contributed by atoms with Crippen LogP contribution in [0.2, 0.25) is 0 Å². The van der Waals surface area contributed by atoms with E-state index in [2.05, 4.69) is 0 Å². The van der Waals surface area contributed by atoms with Gasteiger partial charge < -0.3 is 19.8 Å². The summed E-state index contributed by atoms with van der Waals surface area (Å²) in [6.07, 6.45) is -1.72. The molecule has 1 saturated heterocycles. The Labute approximate surface area is 87.4 Å². The highest BCUT2D eigenvalue weighted by Gasteiger charge is 2.35. The molecule has 86 valence electrons. The molecule has 2 atom stereocenters. The Morgan fingerprint density at radius 1 is 1.53 bits per heavy atom. The van der Waals surface area contributed by atoms with Gasteiger partial charge in [0.05, 0.1) is 25.2 Å². The molecular weight excluding hydrogens is 202 g/mol. The van der Waals surface area contributed by atoms with Crippen LogP contribution in [0.1, 0.15) is 13.3 Å². The number of piperidine rings is 1. The maximum Gasteiger partial charge on any atom is 0.407 e. The number of β-amino-alcohol motifs (C(OH)–C–C–N with tert-alkyl or cyclic N) is 1. The van der Waals surface area contributed by atoms with Gasteiger partial charge >= 0.3 is 12.1 Å². The van der Waals surface area contributed by atoms with E-state index in [9.17, 15) is 14.7 Å². The summed E-state index contributed by atoms with van der Waals surface area (Å²) in [6, 6.07) is 0. The first kappa shape index (κ1) is 11.8. The fraction of sp³-hybridized carbons (Fsp3) is 0.778. The number of rotatable bonds is 2. The normalized spacial score (nSPS) is 26.1. The molecule has 1 heterocycles. The maximum absolute atomic E-state index is 11.3. The van der Waals surface area contributed by atoms with Gasteiger partial charge in [-0.25, -0.2) is 4.79 Å². The molecule has 6 heteroatoms. The van der Waals surface area contributed by atoms with Crippen molar-refractivity contribution in [2.45, 2.75) is 19.4 Å². The Balaban J connectivity index is 2.52. The second-order valence-corrected chi connectivity index (χ2v) is 3.44. The van der Waals surface area contributed by atoms with Crippen LogP contribution in [0.5, 0.6) is 0 Å². The SMILES string of the molecule is CCOC(=O)C1CCN(C(=O)O)CC1O. The topological polar surface area (TPSA) is 87.1 Å². The number of carbonyl (C=O) groups is 2. The number of hydrogen-bond acceptors (Lipinski definition) is 4. The van der Waals surface area contributed by atoms with Crippen molar-refractivity contribution >= 4 is 12.1 Å². The monoisotopic (exact) mass is 217 g/mol. The third-order valence-electron chi connectivity index (χ3n) is 2.44. The minimum Gasteiger partial charge on any atom is -0.466 e. The Morgan fingerprint density at radius 3 is 2.67 bits per heavy atom. The van der Waals surface area contributed by atoms with Crippen LogP contribution in [0.15, 0.2) is 0 Å². The lowest BCUT2D eigenvalue weighted by molar-refractivity contribution is -0.154. The van der Waals surface area contributed by atoms with Crippen molar-refractivity contribution in [1.29, 1.82) is 0 Å². The fourth-order valence-electron chi connectivity index (χ4n) is 1.63. The predicted octanol–water partition coefficient (Wildman–Crippen LogP) is -0.0897. The van der Waals surface area contributed by atoms with Crippen LogP contribution in [0.3, 0.4) is 0 Å². The minimum atomic E-state index is -1.07. The van der Waals surface area contributed by atoms with Crippen LogP contribution in [0, 0.1) is 5.92 Å². The number of hydrogen-bond donors (Lipinski definition) is 2. The van der Waals surface area contributed by atoms with Gasteiger partial charge in [0.25, 0.3) is 0 Å². The molecule has 0 radical (unpaired) electrons. The quantitative estimate of drug-likeness (QED) is 0.631. The second kappa shape index (κ2) is 4.97. The molecule has 1 amide bonds. The van der Waals surface area contributed by atoms with E-state index in [1.165, 1.54) is 0 Å². The van der Waals surface area contributed by atoms with E-state index in [-0.39, 0.29) is 19.7 Å². The van der Waals surface area contributed by atoms with Crippen molar-refractivity contribution in [1.82, 2.24) is 4.90 Å². The highest BCUT2D eigenvalue weighted by Crippen LogP contribution is 2.19. The van der Waals surface area contributed by atoms with Gasteiger partial charge in [-0.15, -0.1) is 0 Å². The van der Waals surface area contributed by atoms with Crippen LogP contribution < -0.4 is 0 Å². The van der Waals surface area contributed by atoms with E-state index in [0.29, 0.717) is 6.42 Å². The molecule has 6 nitrogen and oxygen atoms in total. The first-order valence-electron chi connectivity index (χ1n) is 4.88. The lowest BCUT2D eigenvalue weighted by Crippen LogP contribution is -2.48. The number of esters is 1. The molecule has 1 aliphatic rings. The second-order valence-electron chi connectivity index (χ2n) is 3.44. The number of amides is 1. The fourth-order valence-corrected chi connectivity index (χ4v) is 1.63. The van der Waals surface area contributed by atoms with Crippen LogP contribution in [0.25, 0.3) is 0 Å². The molecule has 0 aromatic carbocycles. The molecule has 2 N–H and O–H groups in total. The number of aliphatic hydroxyl groups excluding tert-OH is 1. The highest BCUT2D eigenvalue weighted by atomic mass is 16.5. The number of likely N-dealkylation sites (tertiary alicyclic amines) is 1. The minimum absolute atomic E-state index is 0.0290. The van der Waals surface area contributed by atoms with Gasteiger partial charge in [0.2, 0.25) is 0 Å². The molecule has 2 unspecified atom stereocenters. The first-order valence-corrected chi connectivity index (χ1v) is 4.88. The summed E-state index contributed by atoms with van der Waals surface area (Å²) >= 11 is 0. The summed E-state index contributed by atoms with van der Waals surface area (Å²) in [7, 11) is 0. The molecule has 0 aliphatic carbocycles. The van der Waals surface area contributed by atoms with E-state index in [1.807, 2.05) is 0 Å². The molecule has 0 saturated carbocycles. The molecule has 1 fully saturated rings. The molecule has 1 aliphatic heterocycles. The van der Waals surface area contributed by atoms with E-state index in [1.54, 1.807) is 6.92 Å². The first-order chi connectivity index (χ1) is 7.06. The Hall–Kier alpha value is -1.30. The van der Waals surface area contributed by atoms with Crippen molar-refractivity contribution in [3.8, 4) is 0 Å². The molecule has 0 spiro atoms. The van der Waals surface area contributed by atoms with Gasteiger partial charge in [0, 0.05) is 6.54 Å².